The van der Waals surface area contributed by atoms with Crippen LogP contribution in [-0.2, 0) is 10.0 Å². The first-order valence-electron chi connectivity index (χ1n) is 6.88. The van der Waals surface area contributed by atoms with Crippen LogP contribution in [0.1, 0.15) is 36.0 Å². The molecule has 0 bridgehead atoms. The molecule has 2 rings (SSSR count). The lowest BCUT2D eigenvalue weighted by Crippen LogP contribution is -2.32. The van der Waals surface area contributed by atoms with Crippen molar-refractivity contribution in [3.05, 3.63) is 29.8 Å². The quantitative estimate of drug-likeness (QED) is 0.921. The minimum absolute atomic E-state index is 0.195. The van der Waals surface area contributed by atoms with Crippen LogP contribution in [0.4, 0.5) is 0 Å². The molecule has 1 heterocycles. The summed E-state index contributed by atoms with van der Waals surface area (Å²) < 4.78 is 26.7. The lowest BCUT2D eigenvalue weighted by atomic mass is 10.2. The highest BCUT2D eigenvalue weighted by molar-refractivity contribution is 7.89. The number of benzene rings is 1. The fourth-order valence-corrected chi connectivity index (χ4v) is 3.94. The van der Waals surface area contributed by atoms with Crippen molar-refractivity contribution >= 4 is 15.9 Å². The van der Waals surface area contributed by atoms with Gasteiger partial charge in [0.1, 0.15) is 0 Å². The lowest BCUT2D eigenvalue weighted by Gasteiger charge is -2.20. The molecular formula is C14H20N2O3S. The molecule has 0 aromatic heterocycles. The van der Waals surface area contributed by atoms with Gasteiger partial charge in [-0.1, -0.05) is 18.9 Å². The van der Waals surface area contributed by atoms with Gasteiger partial charge in [0, 0.05) is 25.7 Å². The Labute approximate surface area is 120 Å². The molecule has 1 aliphatic rings. The number of nitrogens with zero attached hydrogens (tertiary/aromatic N) is 1. The van der Waals surface area contributed by atoms with E-state index in [1.807, 2.05) is 0 Å². The Bertz CT molecular complexity index is 576. The fourth-order valence-electron chi connectivity index (χ4n) is 2.37. The number of amides is 1. The first-order valence-corrected chi connectivity index (χ1v) is 8.32. The molecule has 0 radical (unpaired) electrons. The Balaban J connectivity index is 2.31. The van der Waals surface area contributed by atoms with Gasteiger partial charge >= 0.3 is 0 Å². The van der Waals surface area contributed by atoms with E-state index < -0.39 is 10.0 Å². The largest absolute Gasteiger partial charge is 0.355 e. The van der Waals surface area contributed by atoms with E-state index in [9.17, 15) is 13.2 Å². The van der Waals surface area contributed by atoms with Crippen molar-refractivity contribution in [3.8, 4) is 0 Å². The van der Waals surface area contributed by atoms with E-state index in [4.69, 9.17) is 0 Å². The van der Waals surface area contributed by atoms with E-state index in [1.54, 1.807) is 18.2 Å². The van der Waals surface area contributed by atoms with Crippen molar-refractivity contribution in [2.24, 2.45) is 0 Å². The molecule has 1 amide bonds. The third-order valence-corrected chi connectivity index (χ3v) is 5.42. The molecule has 1 aliphatic heterocycles. The predicted octanol–water partition coefficient (Wildman–Crippen LogP) is 1.61. The highest BCUT2D eigenvalue weighted by Crippen LogP contribution is 2.21. The summed E-state index contributed by atoms with van der Waals surface area (Å²) in [4.78, 5) is 11.8. The van der Waals surface area contributed by atoms with E-state index in [0.717, 1.165) is 25.7 Å². The standard InChI is InChI=1S/C14H20N2O3S/c1-15-14(17)12-7-6-8-13(11-12)20(18,19)16-9-4-2-3-5-10-16/h6-8,11H,2-5,9-10H2,1H3,(H,15,17). The number of hydrogen-bond acceptors (Lipinski definition) is 3. The Morgan fingerprint density at radius 3 is 2.40 bits per heavy atom. The molecule has 0 saturated carbocycles. The summed E-state index contributed by atoms with van der Waals surface area (Å²) in [6.45, 7) is 1.12. The maximum atomic E-state index is 12.6. The zero-order valence-corrected chi connectivity index (χ0v) is 12.4. The van der Waals surface area contributed by atoms with Crippen molar-refractivity contribution in [2.75, 3.05) is 20.1 Å². The van der Waals surface area contributed by atoms with Gasteiger partial charge in [0.25, 0.3) is 5.91 Å². The Hall–Kier alpha value is -1.40. The Morgan fingerprint density at radius 2 is 1.80 bits per heavy atom. The van der Waals surface area contributed by atoms with Crippen LogP contribution in [0.5, 0.6) is 0 Å². The normalized spacial score (nSPS) is 17.4. The fraction of sp³-hybridized carbons (Fsp3) is 0.500. The molecule has 6 heteroatoms. The molecule has 0 unspecified atom stereocenters. The SMILES string of the molecule is CNC(=O)c1cccc(S(=O)(=O)N2CCCCCC2)c1. The number of carbonyl (C=O) groups excluding carboxylic acids is 1. The molecular weight excluding hydrogens is 276 g/mol. The zero-order chi connectivity index (χ0) is 14.6. The van der Waals surface area contributed by atoms with Crippen molar-refractivity contribution < 1.29 is 13.2 Å². The molecule has 0 atom stereocenters. The number of sulfonamides is 1. The van der Waals surface area contributed by atoms with Crippen LogP contribution in [0.15, 0.2) is 29.2 Å². The minimum Gasteiger partial charge on any atom is -0.355 e. The highest BCUT2D eigenvalue weighted by atomic mass is 32.2. The van der Waals surface area contributed by atoms with Crippen molar-refractivity contribution in [1.29, 1.82) is 0 Å². The van der Waals surface area contributed by atoms with Gasteiger partial charge in [0.15, 0.2) is 0 Å². The van der Waals surface area contributed by atoms with Crippen molar-refractivity contribution in [2.45, 2.75) is 30.6 Å². The maximum Gasteiger partial charge on any atom is 0.251 e. The summed E-state index contributed by atoms with van der Waals surface area (Å²) in [7, 11) is -1.97. The molecule has 1 aromatic rings. The van der Waals surface area contributed by atoms with E-state index in [0.29, 0.717) is 18.7 Å². The Kier molecular flexibility index (Phi) is 4.77. The number of rotatable bonds is 3. The average molecular weight is 296 g/mol. The van der Waals surface area contributed by atoms with Crippen LogP contribution in [0.2, 0.25) is 0 Å². The third-order valence-electron chi connectivity index (χ3n) is 3.53. The van der Waals surface area contributed by atoms with Gasteiger partial charge in [-0.15, -0.1) is 0 Å². The van der Waals surface area contributed by atoms with Gasteiger partial charge in [0.2, 0.25) is 10.0 Å². The minimum atomic E-state index is -3.50. The van der Waals surface area contributed by atoms with Gasteiger partial charge in [-0.3, -0.25) is 4.79 Å². The third kappa shape index (κ3) is 3.19. The second kappa shape index (κ2) is 6.37. The van der Waals surface area contributed by atoms with Crippen LogP contribution in [-0.4, -0.2) is 38.8 Å². The van der Waals surface area contributed by atoms with Crippen molar-refractivity contribution in [3.63, 3.8) is 0 Å². The lowest BCUT2D eigenvalue weighted by molar-refractivity contribution is 0.0963. The van der Waals surface area contributed by atoms with Crippen LogP contribution >= 0.6 is 0 Å². The predicted molar refractivity (Wildman–Crippen MR) is 77.1 cm³/mol. The van der Waals surface area contributed by atoms with Crippen LogP contribution in [0.25, 0.3) is 0 Å². The van der Waals surface area contributed by atoms with E-state index >= 15 is 0 Å². The van der Waals surface area contributed by atoms with Crippen molar-refractivity contribution in [1.82, 2.24) is 9.62 Å². The maximum absolute atomic E-state index is 12.6. The smallest absolute Gasteiger partial charge is 0.251 e. The summed E-state index contributed by atoms with van der Waals surface area (Å²) in [5.41, 5.74) is 0.364. The van der Waals surface area contributed by atoms with E-state index in [-0.39, 0.29) is 10.8 Å². The molecule has 1 fully saturated rings. The molecule has 1 N–H and O–H groups in total. The van der Waals surface area contributed by atoms with Gasteiger partial charge in [-0.05, 0) is 31.0 Å². The van der Waals surface area contributed by atoms with Gasteiger partial charge < -0.3 is 5.32 Å². The molecule has 20 heavy (non-hydrogen) atoms. The summed E-state index contributed by atoms with van der Waals surface area (Å²) in [5.74, 6) is -0.280. The van der Waals surface area contributed by atoms with Crippen LogP contribution in [0, 0.1) is 0 Å². The van der Waals surface area contributed by atoms with Gasteiger partial charge in [-0.25, -0.2) is 8.42 Å². The molecule has 5 nitrogen and oxygen atoms in total. The zero-order valence-electron chi connectivity index (χ0n) is 11.6. The number of nitrogens with one attached hydrogen (secondary N) is 1. The highest BCUT2D eigenvalue weighted by Gasteiger charge is 2.25. The summed E-state index contributed by atoms with van der Waals surface area (Å²) in [6, 6.07) is 6.21. The molecule has 0 spiro atoms. The summed E-state index contributed by atoms with van der Waals surface area (Å²) in [5, 5.41) is 2.50. The molecule has 1 saturated heterocycles. The van der Waals surface area contributed by atoms with Crippen LogP contribution in [0.3, 0.4) is 0 Å². The number of carbonyl (C=O) groups is 1. The monoisotopic (exact) mass is 296 g/mol. The Morgan fingerprint density at radius 1 is 1.15 bits per heavy atom. The molecule has 110 valence electrons. The topological polar surface area (TPSA) is 66.5 Å². The van der Waals surface area contributed by atoms with E-state index in [1.165, 1.54) is 17.4 Å². The summed E-state index contributed by atoms with van der Waals surface area (Å²) >= 11 is 0. The second-order valence-corrected chi connectivity index (χ2v) is 6.86. The summed E-state index contributed by atoms with van der Waals surface area (Å²) in [6.07, 6.45) is 3.94. The molecule has 0 aliphatic carbocycles. The van der Waals surface area contributed by atoms with Crippen LogP contribution < -0.4 is 5.32 Å². The van der Waals surface area contributed by atoms with Gasteiger partial charge in [0.05, 0.1) is 4.90 Å². The van der Waals surface area contributed by atoms with E-state index in [2.05, 4.69) is 5.32 Å². The molecule has 1 aromatic carbocycles. The first-order chi connectivity index (χ1) is 9.55. The average Bonchev–Trinajstić information content (AvgIpc) is 2.76. The second-order valence-electron chi connectivity index (χ2n) is 4.93. The number of hydrogen-bond donors (Lipinski definition) is 1. The van der Waals surface area contributed by atoms with Gasteiger partial charge in [-0.2, -0.15) is 4.31 Å². The first kappa shape index (κ1) is 15.0.